The zero-order chi connectivity index (χ0) is 14.9. The smallest absolute Gasteiger partial charge is 0.0727 e. The molecule has 0 aliphatic rings. The molecule has 1 heterocycles. The van der Waals surface area contributed by atoms with Crippen molar-refractivity contribution in [2.24, 2.45) is 7.05 Å². The molecule has 1 aromatic heterocycles. The second kappa shape index (κ2) is 5.31. The van der Waals surface area contributed by atoms with Crippen LogP contribution >= 0.6 is 0 Å². The maximum atomic E-state index is 4.61. The van der Waals surface area contributed by atoms with Gasteiger partial charge in [-0.2, -0.15) is 5.10 Å². The first-order valence-electron chi connectivity index (χ1n) is 7.12. The first-order valence-corrected chi connectivity index (χ1v) is 7.12. The van der Waals surface area contributed by atoms with E-state index in [4.69, 9.17) is 0 Å². The molecule has 0 bridgehead atoms. The van der Waals surface area contributed by atoms with Crippen molar-refractivity contribution in [2.45, 2.75) is 46.6 Å². The fraction of sp³-hybridized carbons (Fsp3) is 0.471. The van der Waals surface area contributed by atoms with E-state index in [1.54, 1.807) is 0 Å². The van der Waals surface area contributed by atoms with E-state index in [2.05, 4.69) is 69.4 Å². The highest BCUT2D eigenvalue weighted by Gasteiger charge is 2.21. The van der Waals surface area contributed by atoms with E-state index in [1.807, 2.05) is 11.7 Å². The molecule has 0 amide bonds. The lowest BCUT2D eigenvalue weighted by atomic mass is 9.89. The summed E-state index contributed by atoms with van der Waals surface area (Å²) in [5.41, 5.74) is 6.33. The lowest BCUT2D eigenvalue weighted by molar-refractivity contribution is 0.549. The summed E-state index contributed by atoms with van der Waals surface area (Å²) < 4.78 is 1.90. The van der Waals surface area contributed by atoms with Gasteiger partial charge in [-0.15, -0.1) is 0 Å². The van der Waals surface area contributed by atoms with Crippen LogP contribution in [0.4, 0.5) is 5.69 Å². The van der Waals surface area contributed by atoms with Crippen LogP contribution in [0.1, 0.15) is 43.2 Å². The molecule has 0 aliphatic heterocycles. The summed E-state index contributed by atoms with van der Waals surface area (Å²) in [6, 6.07) is 6.37. The van der Waals surface area contributed by atoms with Gasteiger partial charge in [-0.25, -0.2) is 0 Å². The Hall–Kier alpha value is -1.77. The largest absolute Gasteiger partial charge is 0.381 e. The van der Waals surface area contributed by atoms with E-state index in [9.17, 15) is 0 Å². The third-order valence-corrected chi connectivity index (χ3v) is 3.69. The standard InChI is InChI=1S/C17H25N3/c1-12-8-7-9-15(13(12)2)18-10-14-11-20(6)19-16(14)17(3,4)5/h7-9,11,18H,10H2,1-6H3. The van der Waals surface area contributed by atoms with E-state index in [1.165, 1.54) is 22.4 Å². The summed E-state index contributed by atoms with van der Waals surface area (Å²) in [7, 11) is 1.98. The summed E-state index contributed by atoms with van der Waals surface area (Å²) in [5.74, 6) is 0. The molecule has 0 spiro atoms. The average Bonchev–Trinajstić information content (AvgIpc) is 2.72. The van der Waals surface area contributed by atoms with Crippen molar-refractivity contribution in [1.82, 2.24) is 9.78 Å². The number of benzene rings is 1. The van der Waals surface area contributed by atoms with Crippen LogP contribution in [0, 0.1) is 13.8 Å². The molecule has 0 saturated carbocycles. The van der Waals surface area contributed by atoms with Crippen molar-refractivity contribution in [3.63, 3.8) is 0 Å². The normalized spacial score (nSPS) is 11.7. The van der Waals surface area contributed by atoms with E-state index in [-0.39, 0.29) is 5.41 Å². The Labute approximate surface area is 122 Å². The van der Waals surface area contributed by atoms with Gasteiger partial charge in [-0.05, 0) is 31.0 Å². The minimum atomic E-state index is 0.0694. The van der Waals surface area contributed by atoms with E-state index in [0.717, 1.165) is 12.2 Å². The molecule has 0 aliphatic carbocycles. The van der Waals surface area contributed by atoms with E-state index >= 15 is 0 Å². The second-order valence-electron chi connectivity index (χ2n) is 6.53. The Morgan fingerprint density at radius 3 is 2.55 bits per heavy atom. The number of aromatic nitrogens is 2. The minimum absolute atomic E-state index is 0.0694. The maximum absolute atomic E-state index is 4.61. The fourth-order valence-electron chi connectivity index (χ4n) is 2.43. The number of aryl methyl sites for hydroxylation is 2. The third kappa shape index (κ3) is 3.03. The highest BCUT2D eigenvalue weighted by molar-refractivity contribution is 5.54. The van der Waals surface area contributed by atoms with Crippen LogP contribution in [-0.4, -0.2) is 9.78 Å². The molecule has 0 fully saturated rings. The van der Waals surface area contributed by atoms with Gasteiger partial charge in [-0.3, -0.25) is 4.68 Å². The Morgan fingerprint density at radius 2 is 1.90 bits per heavy atom. The zero-order valence-electron chi connectivity index (χ0n) is 13.4. The van der Waals surface area contributed by atoms with Crippen LogP contribution < -0.4 is 5.32 Å². The molecule has 0 atom stereocenters. The molecule has 2 aromatic rings. The highest BCUT2D eigenvalue weighted by Crippen LogP contribution is 2.25. The van der Waals surface area contributed by atoms with Gasteiger partial charge in [0.05, 0.1) is 5.69 Å². The van der Waals surface area contributed by atoms with E-state index < -0.39 is 0 Å². The first kappa shape index (κ1) is 14.6. The summed E-state index contributed by atoms with van der Waals surface area (Å²) in [6.45, 7) is 11.7. The van der Waals surface area contributed by atoms with Crippen LogP contribution in [0.3, 0.4) is 0 Å². The third-order valence-electron chi connectivity index (χ3n) is 3.69. The molecular formula is C17H25N3. The molecule has 1 aromatic carbocycles. The molecule has 0 radical (unpaired) electrons. The molecule has 20 heavy (non-hydrogen) atoms. The van der Waals surface area contributed by atoms with Crippen molar-refractivity contribution in [1.29, 1.82) is 0 Å². The number of rotatable bonds is 3. The molecule has 1 N–H and O–H groups in total. The van der Waals surface area contributed by atoms with Gasteiger partial charge in [0.1, 0.15) is 0 Å². The molecular weight excluding hydrogens is 246 g/mol. The predicted molar refractivity (Wildman–Crippen MR) is 85.2 cm³/mol. The van der Waals surface area contributed by atoms with Crippen LogP contribution in [-0.2, 0) is 19.0 Å². The topological polar surface area (TPSA) is 29.9 Å². The van der Waals surface area contributed by atoms with Crippen molar-refractivity contribution in [3.05, 3.63) is 46.8 Å². The van der Waals surface area contributed by atoms with Gasteiger partial charge in [0.25, 0.3) is 0 Å². The van der Waals surface area contributed by atoms with E-state index in [0.29, 0.717) is 0 Å². The number of hydrogen-bond donors (Lipinski definition) is 1. The Kier molecular flexibility index (Phi) is 3.89. The van der Waals surface area contributed by atoms with Crippen LogP contribution in [0.2, 0.25) is 0 Å². The van der Waals surface area contributed by atoms with Crippen LogP contribution in [0.25, 0.3) is 0 Å². The fourth-order valence-corrected chi connectivity index (χ4v) is 2.43. The second-order valence-corrected chi connectivity index (χ2v) is 6.53. The number of hydrogen-bond acceptors (Lipinski definition) is 2. The zero-order valence-corrected chi connectivity index (χ0v) is 13.4. The molecule has 3 heteroatoms. The summed E-state index contributed by atoms with van der Waals surface area (Å²) in [4.78, 5) is 0. The highest BCUT2D eigenvalue weighted by atomic mass is 15.3. The molecule has 0 saturated heterocycles. The Morgan fingerprint density at radius 1 is 1.20 bits per heavy atom. The summed E-state index contributed by atoms with van der Waals surface area (Å²) >= 11 is 0. The quantitative estimate of drug-likeness (QED) is 0.916. The number of nitrogens with zero attached hydrogens (tertiary/aromatic N) is 2. The first-order chi connectivity index (χ1) is 9.29. The monoisotopic (exact) mass is 271 g/mol. The summed E-state index contributed by atoms with van der Waals surface area (Å²) in [6.07, 6.45) is 2.11. The average molecular weight is 271 g/mol. The minimum Gasteiger partial charge on any atom is -0.381 e. The van der Waals surface area contributed by atoms with Crippen LogP contribution in [0.15, 0.2) is 24.4 Å². The Bertz CT molecular complexity index is 603. The van der Waals surface area contributed by atoms with Crippen molar-refractivity contribution in [3.8, 4) is 0 Å². The van der Waals surface area contributed by atoms with Gasteiger partial charge >= 0.3 is 0 Å². The van der Waals surface area contributed by atoms with Crippen molar-refractivity contribution >= 4 is 5.69 Å². The van der Waals surface area contributed by atoms with Crippen molar-refractivity contribution < 1.29 is 0 Å². The predicted octanol–water partition coefficient (Wildman–Crippen LogP) is 3.95. The Balaban J connectivity index is 2.21. The number of nitrogens with one attached hydrogen (secondary N) is 1. The molecule has 3 nitrogen and oxygen atoms in total. The van der Waals surface area contributed by atoms with Gasteiger partial charge < -0.3 is 5.32 Å². The molecule has 108 valence electrons. The number of anilines is 1. The van der Waals surface area contributed by atoms with Crippen molar-refractivity contribution in [2.75, 3.05) is 5.32 Å². The van der Waals surface area contributed by atoms with Crippen LogP contribution in [0.5, 0.6) is 0 Å². The molecule has 0 unspecified atom stereocenters. The summed E-state index contributed by atoms with van der Waals surface area (Å²) in [5, 5.41) is 8.15. The van der Waals surface area contributed by atoms with Gasteiger partial charge in [0.15, 0.2) is 0 Å². The van der Waals surface area contributed by atoms with Gasteiger partial charge in [0.2, 0.25) is 0 Å². The lowest BCUT2D eigenvalue weighted by Crippen LogP contribution is -2.16. The maximum Gasteiger partial charge on any atom is 0.0727 e. The van der Waals surface area contributed by atoms with Gasteiger partial charge in [0, 0.05) is 36.5 Å². The molecule has 2 rings (SSSR count). The lowest BCUT2D eigenvalue weighted by Gasteiger charge is -2.18. The van der Waals surface area contributed by atoms with Gasteiger partial charge in [-0.1, -0.05) is 32.9 Å². The SMILES string of the molecule is Cc1cccc(NCc2cn(C)nc2C(C)(C)C)c1C.